The molecule has 0 bridgehead atoms. The lowest BCUT2D eigenvalue weighted by atomic mass is 10.2. The second-order valence-electron chi connectivity index (χ2n) is 5.19. The first kappa shape index (κ1) is 16.4. The molecule has 1 heterocycles. The van der Waals surface area contributed by atoms with Crippen LogP contribution in [0.5, 0.6) is 0 Å². The van der Waals surface area contributed by atoms with Crippen LogP contribution in [0.1, 0.15) is 26.2 Å². The van der Waals surface area contributed by atoms with E-state index in [9.17, 15) is 4.79 Å². The van der Waals surface area contributed by atoms with E-state index >= 15 is 0 Å². The summed E-state index contributed by atoms with van der Waals surface area (Å²) in [7, 11) is 1.91. The van der Waals surface area contributed by atoms with E-state index in [2.05, 4.69) is 27.4 Å². The van der Waals surface area contributed by atoms with E-state index in [0.29, 0.717) is 6.42 Å². The Hall–Kier alpha value is -0.650. The van der Waals surface area contributed by atoms with Gasteiger partial charge < -0.3 is 20.4 Å². The van der Waals surface area contributed by atoms with Crippen LogP contribution in [0.15, 0.2) is 0 Å². The fourth-order valence-corrected chi connectivity index (χ4v) is 2.37. The normalized spacial score (nSPS) is 17.6. The van der Waals surface area contributed by atoms with Gasteiger partial charge in [-0.2, -0.15) is 0 Å². The van der Waals surface area contributed by atoms with Gasteiger partial charge in [0.2, 0.25) is 5.91 Å². The van der Waals surface area contributed by atoms with E-state index in [0.717, 1.165) is 39.0 Å². The number of amides is 1. The molecule has 1 aliphatic rings. The fourth-order valence-electron chi connectivity index (χ4n) is 2.37. The van der Waals surface area contributed by atoms with Crippen molar-refractivity contribution in [3.8, 4) is 0 Å². The van der Waals surface area contributed by atoms with Crippen molar-refractivity contribution in [2.24, 2.45) is 0 Å². The van der Waals surface area contributed by atoms with Crippen molar-refractivity contribution in [1.82, 2.24) is 20.4 Å². The third-order valence-corrected chi connectivity index (χ3v) is 3.72. The highest BCUT2D eigenvalue weighted by molar-refractivity contribution is 5.75. The lowest BCUT2D eigenvalue weighted by molar-refractivity contribution is -0.121. The third kappa shape index (κ3) is 7.50. The Bertz CT molecular complexity index is 240. The van der Waals surface area contributed by atoms with Crippen LogP contribution in [0.3, 0.4) is 0 Å². The number of hydrogen-bond acceptors (Lipinski definition) is 4. The van der Waals surface area contributed by atoms with Gasteiger partial charge in [-0.05, 0) is 39.5 Å². The SMILES string of the molecule is CCN1CCN(CCCNC(=O)CCCNC)CC1. The van der Waals surface area contributed by atoms with Gasteiger partial charge in [0.1, 0.15) is 0 Å². The van der Waals surface area contributed by atoms with Crippen molar-refractivity contribution in [3.05, 3.63) is 0 Å². The number of carbonyl (C=O) groups excluding carboxylic acids is 1. The summed E-state index contributed by atoms with van der Waals surface area (Å²) in [5.74, 6) is 0.186. The van der Waals surface area contributed by atoms with Gasteiger partial charge >= 0.3 is 0 Å². The van der Waals surface area contributed by atoms with Crippen molar-refractivity contribution in [1.29, 1.82) is 0 Å². The predicted octanol–water partition coefficient (Wildman–Crippen LogP) is 0.130. The number of rotatable bonds is 9. The molecule has 1 saturated heterocycles. The zero-order valence-electron chi connectivity index (χ0n) is 12.6. The van der Waals surface area contributed by atoms with Gasteiger partial charge in [-0.15, -0.1) is 0 Å². The first-order chi connectivity index (χ1) is 9.26. The highest BCUT2D eigenvalue weighted by atomic mass is 16.1. The zero-order chi connectivity index (χ0) is 13.9. The molecule has 0 spiro atoms. The summed E-state index contributed by atoms with van der Waals surface area (Å²) in [6.07, 6.45) is 2.61. The Balaban J connectivity index is 1.94. The second kappa shape index (κ2) is 10.2. The quantitative estimate of drug-likeness (QED) is 0.585. The van der Waals surface area contributed by atoms with Crippen LogP contribution in [-0.2, 0) is 4.79 Å². The maximum absolute atomic E-state index is 11.5. The molecule has 19 heavy (non-hydrogen) atoms. The molecule has 1 rings (SSSR count). The van der Waals surface area contributed by atoms with Crippen LogP contribution in [-0.4, -0.2) is 75.1 Å². The summed E-state index contributed by atoms with van der Waals surface area (Å²) in [5, 5.41) is 6.05. The third-order valence-electron chi connectivity index (χ3n) is 3.72. The summed E-state index contributed by atoms with van der Waals surface area (Å²) >= 11 is 0. The average molecular weight is 270 g/mol. The maximum Gasteiger partial charge on any atom is 0.220 e. The highest BCUT2D eigenvalue weighted by Crippen LogP contribution is 2.01. The minimum Gasteiger partial charge on any atom is -0.356 e. The molecule has 0 aliphatic carbocycles. The van der Waals surface area contributed by atoms with E-state index in [1.165, 1.54) is 26.2 Å². The molecule has 1 amide bonds. The monoisotopic (exact) mass is 270 g/mol. The van der Waals surface area contributed by atoms with Gasteiger partial charge in [-0.1, -0.05) is 6.92 Å². The highest BCUT2D eigenvalue weighted by Gasteiger charge is 2.14. The van der Waals surface area contributed by atoms with Crippen LogP contribution >= 0.6 is 0 Å². The molecule has 1 fully saturated rings. The molecule has 0 saturated carbocycles. The molecule has 0 atom stereocenters. The summed E-state index contributed by atoms with van der Waals surface area (Å²) in [6.45, 7) is 10.9. The summed E-state index contributed by atoms with van der Waals surface area (Å²) in [5.41, 5.74) is 0. The van der Waals surface area contributed by atoms with Crippen LogP contribution in [0.2, 0.25) is 0 Å². The fraction of sp³-hybridized carbons (Fsp3) is 0.929. The van der Waals surface area contributed by atoms with E-state index in [1.54, 1.807) is 0 Å². The Labute approximate surface area is 117 Å². The number of carbonyl (C=O) groups is 1. The number of piperazine rings is 1. The van der Waals surface area contributed by atoms with E-state index in [-0.39, 0.29) is 5.91 Å². The van der Waals surface area contributed by atoms with E-state index in [4.69, 9.17) is 0 Å². The van der Waals surface area contributed by atoms with Crippen LogP contribution in [0, 0.1) is 0 Å². The first-order valence-electron chi connectivity index (χ1n) is 7.62. The molecule has 0 unspecified atom stereocenters. The summed E-state index contributed by atoms with van der Waals surface area (Å²) < 4.78 is 0. The maximum atomic E-state index is 11.5. The molecule has 112 valence electrons. The van der Waals surface area contributed by atoms with Gasteiger partial charge in [0.05, 0.1) is 0 Å². The zero-order valence-corrected chi connectivity index (χ0v) is 12.6. The number of hydrogen-bond donors (Lipinski definition) is 2. The Morgan fingerprint density at radius 2 is 1.74 bits per heavy atom. The Morgan fingerprint density at radius 1 is 1.05 bits per heavy atom. The molecule has 0 aromatic heterocycles. The molecule has 0 aromatic rings. The molecule has 0 radical (unpaired) electrons. The molecule has 1 aliphatic heterocycles. The average Bonchev–Trinajstić information content (AvgIpc) is 2.44. The lowest BCUT2D eigenvalue weighted by Crippen LogP contribution is -2.46. The smallest absolute Gasteiger partial charge is 0.220 e. The molecular formula is C14H30N4O. The molecular weight excluding hydrogens is 240 g/mol. The molecule has 5 nitrogen and oxygen atoms in total. The Morgan fingerprint density at radius 3 is 2.37 bits per heavy atom. The molecule has 2 N–H and O–H groups in total. The minimum absolute atomic E-state index is 0.186. The standard InChI is InChI=1S/C14H30N4O/c1-3-17-10-12-18(13-11-17)9-5-8-16-14(19)6-4-7-15-2/h15H,3-13H2,1-2H3,(H,16,19). The Kier molecular flexibility index (Phi) is 8.79. The van der Waals surface area contributed by atoms with E-state index < -0.39 is 0 Å². The van der Waals surface area contributed by atoms with Crippen molar-refractivity contribution < 1.29 is 4.79 Å². The topological polar surface area (TPSA) is 47.6 Å². The lowest BCUT2D eigenvalue weighted by Gasteiger charge is -2.33. The minimum atomic E-state index is 0.186. The van der Waals surface area contributed by atoms with Crippen LogP contribution < -0.4 is 10.6 Å². The summed E-state index contributed by atoms with van der Waals surface area (Å²) in [4.78, 5) is 16.5. The van der Waals surface area contributed by atoms with Gasteiger partial charge in [0, 0.05) is 39.1 Å². The predicted molar refractivity (Wildman–Crippen MR) is 79.3 cm³/mol. The second-order valence-corrected chi connectivity index (χ2v) is 5.19. The van der Waals surface area contributed by atoms with Gasteiger partial charge in [0.25, 0.3) is 0 Å². The first-order valence-corrected chi connectivity index (χ1v) is 7.62. The molecule has 0 aromatic carbocycles. The van der Waals surface area contributed by atoms with Crippen molar-refractivity contribution in [2.75, 3.05) is 59.4 Å². The van der Waals surface area contributed by atoms with E-state index in [1.807, 2.05) is 7.05 Å². The number of nitrogens with zero attached hydrogens (tertiary/aromatic N) is 2. The van der Waals surface area contributed by atoms with Crippen LogP contribution in [0.25, 0.3) is 0 Å². The van der Waals surface area contributed by atoms with Gasteiger partial charge in [0.15, 0.2) is 0 Å². The number of nitrogens with one attached hydrogen (secondary N) is 2. The van der Waals surface area contributed by atoms with Gasteiger partial charge in [-0.25, -0.2) is 0 Å². The summed E-state index contributed by atoms with van der Waals surface area (Å²) in [6, 6.07) is 0. The van der Waals surface area contributed by atoms with Crippen molar-refractivity contribution >= 4 is 5.91 Å². The van der Waals surface area contributed by atoms with Crippen molar-refractivity contribution in [2.45, 2.75) is 26.2 Å². The van der Waals surface area contributed by atoms with Crippen molar-refractivity contribution in [3.63, 3.8) is 0 Å². The largest absolute Gasteiger partial charge is 0.356 e. The van der Waals surface area contributed by atoms with Crippen LogP contribution in [0.4, 0.5) is 0 Å². The van der Waals surface area contributed by atoms with Gasteiger partial charge in [-0.3, -0.25) is 4.79 Å². The molecule has 5 heteroatoms. The number of likely N-dealkylation sites (N-methyl/N-ethyl adjacent to an activating group) is 1.